The number of rotatable bonds is 9. The summed E-state index contributed by atoms with van der Waals surface area (Å²) in [6.45, 7) is 6.52. The second-order valence-electron chi connectivity index (χ2n) is 18.0. The molecule has 18 heteroatoms. The van der Waals surface area contributed by atoms with Gasteiger partial charge in [0, 0.05) is 0 Å². The molecule has 3 saturated heterocycles. The first-order chi connectivity index (χ1) is 26.4. The van der Waals surface area contributed by atoms with Crippen molar-refractivity contribution in [2.45, 2.75) is 169 Å². The van der Waals surface area contributed by atoms with Crippen molar-refractivity contribution in [3.63, 3.8) is 0 Å². The molecule has 21 atom stereocenters. The normalized spacial score (nSPS) is 54.6. The lowest BCUT2D eigenvalue weighted by Crippen LogP contribution is -2.65. The van der Waals surface area contributed by atoms with Gasteiger partial charge in [0.05, 0.1) is 30.8 Å². The van der Waals surface area contributed by atoms with E-state index in [-0.39, 0.29) is 22.7 Å². The van der Waals surface area contributed by atoms with E-state index in [1.165, 1.54) is 0 Å². The lowest BCUT2D eigenvalue weighted by molar-refractivity contribution is -0.378. The fourth-order valence-corrected chi connectivity index (χ4v) is 12.0. The average molecular weight is 805 g/mol. The summed E-state index contributed by atoms with van der Waals surface area (Å²) in [5.41, 5.74) is -1.80. The van der Waals surface area contributed by atoms with Crippen molar-refractivity contribution in [1.82, 2.24) is 0 Å². The minimum absolute atomic E-state index is 0.121. The van der Waals surface area contributed by atoms with Crippen LogP contribution in [0.2, 0.25) is 0 Å². The lowest BCUT2D eigenvalue weighted by atomic mass is 9.41. The topological polar surface area (TPSA) is 295 Å². The molecule has 18 nitrogen and oxygen atoms in total. The van der Waals surface area contributed by atoms with Crippen LogP contribution in [0.1, 0.15) is 71.6 Å². The molecule has 3 aliphatic heterocycles. The van der Waals surface area contributed by atoms with Crippen molar-refractivity contribution in [2.75, 3.05) is 19.8 Å². The van der Waals surface area contributed by atoms with Crippen molar-refractivity contribution >= 4 is 5.97 Å². The van der Waals surface area contributed by atoms with Gasteiger partial charge in [-0.1, -0.05) is 19.9 Å². The van der Waals surface area contributed by atoms with Crippen molar-refractivity contribution < 1.29 is 89.4 Å². The summed E-state index contributed by atoms with van der Waals surface area (Å²) in [6, 6.07) is 0. The third-order valence-corrected chi connectivity index (χ3v) is 15.0. The quantitative estimate of drug-likeness (QED) is 0.0631. The van der Waals surface area contributed by atoms with Gasteiger partial charge in [0.25, 0.3) is 0 Å². The van der Waals surface area contributed by atoms with E-state index in [4.69, 9.17) is 28.4 Å². The van der Waals surface area contributed by atoms with Crippen LogP contribution in [0.3, 0.4) is 0 Å². The van der Waals surface area contributed by atoms with Gasteiger partial charge < -0.3 is 84.6 Å². The standard InChI is InChI=1S/C38H60O18/c1-16-11-37-9-5-20-35(2,7-4-8-36(20,3)34(50)55-32-29(49)26(46)23(43)18(13-40)52-32)21(37)6-10-38(16,15-37)56-33-30(27(47)24(44)19(14-41)53-33)54-31-28(48)25(45)22(42)17(12-39)51-31/h17-33,39-49H,1,4-15H2,2-3H3/t17-,18?,19-,20?,21?,22-,23?,24-,25+,26?,27+,28-,29?,30-,31+,32?,33-,35-,36-,37-,38+/m1/s1. The first kappa shape index (κ1) is 42.7. The summed E-state index contributed by atoms with van der Waals surface area (Å²) in [6.07, 6.45) is -17.8. The van der Waals surface area contributed by atoms with Gasteiger partial charge >= 0.3 is 5.97 Å². The third kappa shape index (κ3) is 6.69. The van der Waals surface area contributed by atoms with Crippen LogP contribution in [0.25, 0.3) is 0 Å². The highest BCUT2D eigenvalue weighted by Gasteiger charge is 2.69. The Balaban J connectivity index is 1.10. The molecule has 2 bridgehead atoms. The van der Waals surface area contributed by atoms with E-state index in [2.05, 4.69) is 13.5 Å². The molecule has 0 amide bonds. The fourth-order valence-electron chi connectivity index (χ4n) is 12.0. The second-order valence-corrected chi connectivity index (χ2v) is 18.0. The van der Waals surface area contributed by atoms with Crippen molar-refractivity contribution in [2.24, 2.45) is 28.1 Å². The molecule has 7 rings (SSSR count). The summed E-state index contributed by atoms with van der Waals surface area (Å²) >= 11 is 0. The number of carbonyl (C=O) groups excluding carboxylic acids is 1. The molecule has 4 aliphatic carbocycles. The Morgan fingerprint density at radius 1 is 0.679 bits per heavy atom. The van der Waals surface area contributed by atoms with E-state index in [1.807, 2.05) is 6.92 Å². The molecule has 1 spiro atoms. The predicted molar refractivity (Wildman–Crippen MR) is 186 cm³/mol. The zero-order valence-corrected chi connectivity index (χ0v) is 31.8. The van der Waals surface area contributed by atoms with Gasteiger partial charge in [-0.3, -0.25) is 4.79 Å². The summed E-state index contributed by atoms with van der Waals surface area (Å²) in [5.74, 6) is -0.591. The summed E-state index contributed by atoms with van der Waals surface area (Å²) in [4.78, 5) is 14.1. The Bertz CT molecular complexity index is 1450. The van der Waals surface area contributed by atoms with E-state index in [9.17, 15) is 61.0 Å². The van der Waals surface area contributed by atoms with Gasteiger partial charge in [0.2, 0.25) is 6.29 Å². The van der Waals surface area contributed by atoms with Crippen molar-refractivity contribution in [3.05, 3.63) is 12.2 Å². The molecule has 56 heavy (non-hydrogen) atoms. The molecule has 11 N–H and O–H groups in total. The summed E-state index contributed by atoms with van der Waals surface area (Å²) < 4.78 is 35.6. The van der Waals surface area contributed by atoms with E-state index in [0.29, 0.717) is 44.9 Å². The lowest BCUT2D eigenvalue weighted by Gasteiger charge is -2.64. The Morgan fingerprint density at radius 2 is 1.21 bits per heavy atom. The Hall–Kier alpha value is -1.43. The molecule has 320 valence electrons. The van der Waals surface area contributed by atoms with Gasteiger partial charge in [-0.15, -0.1) is 0 Å². The van der Waals surface area contributed by atoms with Crippen LogP contribution in [-0.4, -0.2) is 180 Å². The molecule has 0 aromatic rings. The first-order valence-corrected chi connectivity index (χ1v) is 19.9. The molecule has 0 radical (unpaired) electrons. The van der Waals surface area contributed by atoms with Crippen molar-refractivity contribution in [1.29, 1.82) is 0 Å². The van der Waals surface area contributed by atoms with E-state index in [0.717, 1.165) is 18.4 Å². The number of ether oxygens (including phenoxy) is 6. The van der Waals surface area contributed by atoms with Gasteiger partial charge in [0.1, 0.15) is 73.2 Å². The fraction of sp³-hybridized carbons (Fsp3) is 0.921. The Kier molecular flexibility index (Phi) is 11.9. The Morgan fingerprint density at radius 3 is 1.82 bits per heavy atom. The molecule has 3 heterocycles. The SMILES string of the molecule is C=C1C[C@@]23CCC4[C@@](C)(CCC[C@@]4(C)C(=O)OC4OC(CO)C(O)C(O)C4O)C2CC[C@]1(O[C@H]1O[C@H](CO)[C@@H](O)[C@H](O)[C@H]1O[C@@H]1O[C@H](CO)[C@@H](O)[C@H](O)[C@H]1O)C3. The first-order valence-electron chi connectivity index (χ1n) is 19.9. The molecule has 7 unspecified atom stereocenters. The zero-order chi connectivity index (χ0) is 40.7. The number of fused-ring (bicyclic) bond motifs is 3. The molecule has 4 saturated carbocycles. The monoisotopic (exact) mass is 804 g/mol. The number of hydrogen-bond donors (Lipinski definition) is 11. The number of aliphatic hydroxyl groups is 11. The molecule has 7 fully saturated rings. The van der Waals surface area contributed by atoms with E-state index in [1.54, 1.807) is 0 Å². The molecular weight excluding hydrogens is 744 g/mol. The number of carbonyl (C=O) groups is 1. The molecular formula is C38H60O18. The number of hydrogen-bond acceptors (Lipinski definition) is 18. The van der Waals surface area contributed by atoms with Crippen LogP contribution in [0.5, 0.6) is 0 Å². The van der Waals surface area contributed by atoms with Gasteiger partial charge in [-0.2, -0.15) is 0 Å². The summed E-state index contributed by atoms with van der Waals surface area (Å²) in [5, 5.41) is 114. The molecule has 0 aromatic carbocycles. The number of aliphatic hydroxyl groups excluding tert-OH is 11. The minimum atomic E-state index is -1.81. The molecule has 7 aliphatic rings. The molecule has 0 aromatic heterocycles. The predicted octanol–water partition coefficient (Wildman–Crippen LogP) is -2.94. The van der Waals surface area contributed by atoms with Crippen LogP contribution in [0.15, 0.2) is 12.2 Å². The highest BCUT2D eigenvalue weighted by Crippen LogP contribution is 2.73. The average Bonchev–Trinajstić information content (AvgIpc) is 3.37. The third-order valence-electron chi connectivity index (χ3n) is 15.0. The van der Waals surface area contributed by atoms with E-state index < -0.39 is 129 Å². The second kappa shape index (κ2) is 15.6. The van der Waals surface area contributed by atoms with E-state index >= 15 is 0 Å². The Labute approximate surface area is 324 Å². The summed E-state index contributed by atoms with van der Waals surface area (Å²) in [7, 11) is 0. The van der Waals surface area contributed by atoms with Crippen LogP contribution >= 0.6 is 0 Å². The highest BCUT2D eigenvalue weighted by molar-refractivity contribution is 5.77. The van der Waals surface area contributed by atoms with Crippen LogP contribution in [0, 0.1) is 28.1 Å². The minimum Gasteiger partial charge on any atom is -0.432 e. The van der Waals surface area contributed by atoms with Gasteiger partial charge in [-0.05, 0) is 86.5 Å². The largest absolute Gasteiger partial charge is 0.432 e. The zero-order valence-electron chi connectivity index (χ0n) is 31.8. The maximum absolute atomic E-state index is 14.1. The van der Waals surface area contributed by atoms with Crippen molar-refractivity contribution in [3.8, 4) is 0 Å². The van der Waals surface area contributed by atoms with Gasteiger partial charge in [-0.25, -0.2) is 0 Å². The highest BCUT2D eigenvalue weighted by atomic mass is 16.8. The van der Waals surface area contributed by atoms with Crippen LogP contribution in [0.4, 0.5) is 0 Å². The maximum Gasteiger partial charge on any atom is 0.314 e. The number of esters is 1. The van der Waals surface area contributed by atoms with Gasteiger partial charge in [0.15, 0.2) is 12.6 Å². The van der Waals surface area contributed by atoms with Crippen LogP contribution < -0.4 is 0 Å². The maximum atomic E-state index is 14.1. The van der Waals surface area contributed by atoms with Crippen LogP contribution in [-0.2, 0) is 33.2 Å². The smallest absolute Gasteiger partial charge is 0.314 e.